The van der Waals surface area contributed by atoms with Crippen LogP contribution in [0.3, 0.4) is 0 Å². The summed E-state index contributed by atoms with van der Waals surface area (Å²) in [6, 6.07) is 1.27. The van der Waals surface area contributed by atoms with Gasteiger partial charge in [0.15, 0.2) is 9.84 Å². The highest BCUT2D eigenvalue weighted by atomic mass is 32.2. The molecular formula is C9H11NO4S. The summed E-state index contributed by atoms with van der Waals surface area (Å²) in [5.41, 5.74) is 0.416. The lowest BCUT2D eigenvalue weighted by molar-refractivity contribution is 0.0940. The number of furan rings is 1. The molecule has 1 atom stereocenters. The zero-order valence-corrected chi connectivity index (χ0v) is 8.79. The van der Waals surface area contributed by atoms with Gasteiger partial charge in [-0.1, -0.05) is 0 Å². The number of nitrogens with one attached hydrogen (secondary N) is 1. The van der Waals surface area contributed by atoms with E-state index in [1.54, 1.807) is 6.07 Å². The standard InChI is InChI=1S/C9H11NO4S/c11-9(7-1-3-14-5-7)10-8-2-4-15(12,13)6-8/h1,3,5,8H,2,4,6H2,(H,10,11)/t8-/m0/s1. The third-order valence-corrected chi connectivity index (χ3v) is 4.12. The van der Waals surface area contributed by atoms with Crippen molar-refractivity contribution in [2.75, 3.05) is 11.5 Å². The summed E-state index contributed by atoms with van der Waals surface area (Å²) in [5.74, 6) is -0.0919. The first-order chi connectivity index (χ1) is 7.07. The fourth-order valence-corrected chi connectivity index (χ4v) is 3.24. The summed E-state index contributed by atoms with van der Waals surface area (Å²) in [4.78, 5) is 11.5. The van der Waals surface area contributed by atoms with Gasteiger partial charge in [0, 0.05) is 6.04 Å². The molecule has 1 N–H and O–H groups in total. The second-order valence-electron chi connectivity index (χ2n) is 3.59. The topological polar surface area (TPSA) is 76.4 Å². The highest BCUT2D eigenvalue weighted by molar-refractivity contribution is 7.91. The maximum atomic E-state index is 11.5. The summed E-state index contributed by atoms with van der Waals surface area (Å²) in [5, 5.41) is 2.66. The van der Waals surface area contributed by atoms with Crippen molar-refractivity contribution in [2.24, 2.45) is 0 Å². The zero-order chi connectivity index (χ0) is 10.9. The Morgan fingerprint density at radius 2 is 2.33 bits per heavy atom. The summed E-state index contributed by atoms with van der Waals surface area (Å²) < 4.78 is 27.0. The molecule has 0 aromatic carbocycles. The van der Waals surface area contributed by atoms with Crippen molar-refractivity contribution < 1.29 is 17.6 Å². The quantitative estimate of drug-likeness (QED) is 0.785. The van der Waals surface area contributed by atoms with E-state index < -0.39 is 9.84 Å². The van der Waals surface area contributed by atoms with E-state index in [9.17, 15) is 13.2 Å². The Bertz CT molecular complexity index is 448. The molecule has 82 valence electrons. The number of rotatable bonds is 2. The van der Waals surface area contributed by atoms with E-state index in [-0.39, 0.29) is 23.5 Å². The number of carbonyl (C=O) groups excluding carboxylic acids is 1. The molecule has 0 radical (unpaired) electrons. The predicted molar refractivity (Wildman–Crippen MR) is 53.2 cm³/mol. The molecule has 0 saturated carbocycles. The maximum Gasteiger partial charge on any atom is 0.254 e. The Labute approximate surface area is 87.4 Å². The third kappa shape index (κ3) is 2.38. The Kier molecular flexibility index (Phi) is 2.52. The average Bonchev–Trinajstić information content (AvgIpc) is 2.74. The molecule has 2 heterocycles. The van der Waals surface area contributed by atoms with Gasteiger partial charge in [0.1, 0.15) is 6.26 Å². The van der Waals surface area contributed by atoms with Crippen molar-refractivity contribution in [2.45, 2.75) is 12.5 Å². The minimum absolute atomic E-state index is 0.0383. The lowest BCUT2D eigenvalue weighted by atomic mass is 10.2. The second kappa shape index (κ2) is 3.69. The van der Waals surface area contributed by atoms with Gasteiger partial charge in [0.2, 0.25) is 0 Å². The molecule has 5 nitrogen and oxygen atoms in total. The maximum absolute atomic E-state index is 11.5. The van der Waals surface area contributed by atoms with Gasteiger partial charge in [-0.15, -0.1) is 0 Å². The molecule has 1 saturated heterocycles. The minimum atomic E-state index is -2.95. The van der Waals surface area contributed by atoms with Crippen molar-refractivity contribution in [3.05, 3.63) is 24.2 Å². The van der Waals surface area contributed by atoms with Crippen LogP contribution in [0.1, 0.15) is 16.8 Å². The molecule has 0 bridgehead atoms. The first-order valence-corrected chi connectivity index (χ1v) is 6.42. The van der Waals surface area contributed by atoms with Gasteiger partial charge in [0.05, 0.1) is 23.3 Å². The summed E-state index contributed by atoms with van der Waals surface area (Å²) in [6.07, 6.45) is 3.23. The van der Waals surface area contributed by atoms with E-state index in [2.05, 4.69) is 5.32 Å². The molecular weight excluding hydrogens is 218 g/mol. The molecule has 1 aliphatic rings. The summed E-state index contributed by atoms with van der Waals surface area (Å²) in [6.45, 7) is 0. The number of hydrogen-bond acceptors (Lipinski definition) is 4. The van der Waals surface area contributed by atoms with E-state index in [0.717, 1.165) is 0 Å². The smallest absolute Gasteiger partial charge is 0.254 e. The van der Waals surface area contributed by atoms with E-state index in [4.69, 9.17) is 4.42 Å². The molecule has 15 heavy (non-hydrogen) atoms. The van der Waals surface area contributed by atoms with Crippen LogP contribution in [0, 0.1) is 0 Å². The molecule has 1 amide bonds. The van der Waals surface area contributed by atoms with Crippen molar-refractivity contribution in [1.82, 2.24) is 5.32 Å². The van der Waals surface area contributed by atoms with Crippen LogP contribution in [-0.2, 0) is 9.84 Å². The molecule has 6 heteroatoms. The van der Waals surface area contributed by atoms with Crippen LogP contribution < -0.4 is 5.32 Å². The van der Waals surface area contributed by atoms with E-state index >= 15 is 0 Å². The zero-order valence-electron chi connectivity index (χ0n) is 7.97. The molecule has 1 aromatic rings. The minimum Gasteiger partial charge on any atom is -0.472 e. The monoisotopic (exact) mass is 229 g/mol. The lowest BCUT2D eigenvalue weighted by Crippen LogP contribution is -2.35. The average molecular weight is 229 g/mol. The van der Waals surface area contributed by atoms with Crippen molar-refractivity contribution in [3.63, 3.8) is 0 Å². The third-order valence-electron chi connectivity index (χ3n) is 2.35. The van der Waals surface area contributed by atoms with Crippen LogP contribution in [0.4, 0.5) is 0 Å². The molecule has 0 unspecified atom stereocenters. The largest absolute Gasteiger partial charge is 0.472 e. The van der Waals surface area contributed by atoms with Gasteiger partial charge in [-0.3, -0.25) is 4.79 Å². The number of amides is 1. The fourth-order valence-electron chi connectivity index (χ4n) is 1.57. The van der Waals surface area contributed by atoms with E-state index in [0.29, 0.717) is 12.0 Å². The van der Waals surface area contributed by atoms with Crippen molar-refractivity contribution >= 4 is 15.7 Å². The fraction of sp³-hybridized carbons (Fsp3) is 0.444. The molecule has 1 aliphatic heterocycles. The first-order valence-electron chi connectivity index (χ1n) is 4.60. The number of sulfone groups is 1. The van der Waals surface area contributed by atoms with E-state index in [1.165, 1.54) is 12.5 Å². The van der Waals surface area contributed by atoms with Gasteiger partial charge >= 0.3 is 0 Å². The SMILES string of the molecule is O=C(N[C@H]1CCS(=O)(=O)C1)c1ccoc1. The van der Waals surface area contributed by atoms with E-state index in [1.807, 2.05) is 0 Å². The van der Waals surface area contributed by atoms with Gasteiger partial charge in [-0.25, -0.2) is 8.42 Å². The Morgan fingerprint density at radius 1 is 1.53 bits per heavy atom. The molecule has 0 spiro atoms. The van der Waals surface area contributed by atoms with Crippen LogP contribution in [0.2, 0.25) is 0 Å². The summed E-state index contributed by atoms with van der Waals surface area (Å²) >= 11 is 0. The van der Waals surface area contributed by atoms with Crippen LogP contribution in [0.5, 0.6) is 0 Å². The molecule has 1 aromatic heterocycles. The lowest BCUT2D eigenvalue weighted by Gasteiger charge is -2.08. The molecule has 2 rings (SSSR count). The van der Waals surface area contributed by atoms with Crippen LogP contribution in [0.25, 0.3) is 0 Å². The molecule has 0 aliphatic carbocycles. The van der Waals surface area contributed by atoms with Gasteiger partial charge < -0.3 is 9.73 Å². The normalized spacial score (nSPS) is 23.9. The Hall–Kier alpha value is -1.30. The molecule has 1 fully saturated rings. The highest BCUT2D eigenvalue weighted by Gasteiger charge is 2.29. The van der Waals surface area contributed by atoms with Crippen molar-refractivity contribution in [1.29, 1.82) is 0 Å². The van der Waals surface area contributed by atoms with Crippen LogP contribution in [0.15, 0.2) is 23.0 Å². The number of hydrogen-bond donors (Lipinski definition) is 1. The second-order valence-corrected chi connectivity index (χ2v) is 5.81. The first kappa shape index (κ1) is 10.2. The van der Waals surface area contributed by atoms with Gasteiger partial charge in [-0.05, 0) is 12.5 Å². The van der Waals surface area contributed by atoms with Gasteiger partial charge in [-0.2, -0.15) is 0 Å². The number of carbonyl (C=O) groups is 1. The Morgan fingerprint density at radius 3 is 2.87 bits per heavy atom. The predicted octanol–water partition coefficient (Wildman–Crippen LogP) is 0.196. The Balaban J connectivity index is 1.97. The van der Waals surface area contributed by atoms with Crippen molar-refractivity contribution in [3.8, 4) is 0 Å². The highest BCUT2D eigenvalue weighted by Crippen LogP contribution is 2.12. The van der Waals surface area contributed by atoms with Crippen LogP contribution in [-0.4, -0.2) is 31.9 Å². The summed E-state index contributed by atoms with van der Waals surface area (Å²) in [7, 11) is -2.95. The van der Waals surface area contributed by atoms with Crippen LogP contribution >= 0.6 is 0 Å². The van der Waals surface area contributed by atoms with Gasteiger partial charge in [0.25, 0.3) is 5.91 Å².